The molecule has 14 heteroatoms. The number of unbranched alkanes of at least 4 members (excludes halogenated alkanes) is 1. The lowest BCUT2D eigenvalue weighted by Gasteiger charge is -2.07. The molecule has 0 aromatic carbocycles. The smallest absolute Gasteiger partial charge is 0.303 e. The van der Waals surface area contributed by atoms with Crippen molar-refractivity contribution in [2.75, 3.05) is 28.2 Å². The number of hydrogen-bond acceptors (Lipinski definition) is 4. The van der Waals surface area contributed by atoms with E-state index in [2.05, 4.69) is 9.98 Å². The SMILES string of the molecule is CN(C)C(=N)N=C(N)N.CN(C)C(=N)N=C(N)N.O=C(O)CCCCC(=O)O. The van der Waals surface area contributed by atoms with Crippen molar-refractivity contribution < 1.29 is 19.8 Å². The molecule has 0 saturated carbocycles. The van der Waals surface area contributed by atoms with Gasteiger partial charge in [0.05, 0.1) is 0 Å². The van der Waals surface area contributed by atoms with Gasteiger partial charge in [-0.15, -0.1) is 0 Å². The number of aliphatic carboxylic acids is 2. The number of carboxylic acids is 2. The minimum atomic E-state index is -0.870. The van der Waals surface area contributed by atoms with Gasteiger partial charge in [-0.05, 0) is 12.8 Å². The van der Waals surface area contributed by atoms with Crippen LogP contribution in [0.15, 0.2) is 9.98 Å². The second-order valence-corrected chi connectivity index (χ2v) is 5.50. The Labute approximate surface area is 163 Å². The van der Waals surface area contributed by atoms with Crippen molar-refractivity contribution in [3.8, 4) is 0 Å². The third-order valence-electron chi connectivity index (χ3n) is 2.35. The Morgan fingerprint density at radius 3 is 1.11 bits per heavy atom. The molecule has 28 heavy (non-hydrogen) atoms. The number of rotatable bonds is 5. The first-order valence-electron chi connectivity index (χ1n) is 7.85. The fraction of sp³-hybridized carbons (Fsp3) is 0.571. The van der Waals surface area contributed by atoms with Crippen molar-refractivity contribution in [3.63, 3.8) is 0 Å². The molecule has 0 amide bonds. The molecule has 0 aliphatic rings. The zero-order chi connectivity index (χ0) is 22.9. The van der Waals surface area contributed by atoms with Crippen LogP contribution in [0.4, 0.5) is 0 Å². The first kappa shape index (κ1) is 29.2. The second kappa shape index (κ2) is 16.9. The highest BCUT2D eigenvalue weighted by atomic mass is 16.4. The summed E-state index contributed by atoms with van der Waals surface area (Å²) in [6.45, 7) is 0. The Balaban J connectivity index is -0.000000336. The van der Waals surface area contributed by atoms with Gasteiger partial charge in [0.25, 0.3) is 0 Å². The zero-order valence-corrected chi connectivity index (χ0v) is 16.6. The lowest BCUT2D eigenvalue weighted by Crippen LogP contribution is -2.28. The number of hydrogen-bond donors (Lipinski definition) is 8. The third kappa shape index (κ3) is 27.3. The highest BCUT2D eigenvalue weighted by Gasteiger charge is 1.99. The van der Waals surface area contributed by atoms with Crippen LogP contribution in [0.3, 0.4) is 0 Å². The van der Waals surface area contributed by atoms with Gasteiger partial charge in [0.1, 0.15) is 0 Å². The Bertz CT molecular complexity index is 514. The number of aliphatic imine (C=N–C) groups is 2. The van der Waals surface area contributed by atoms with Gasteiger partial charge < -0.3 is 42.9 Å². The van der Waals surface area contributed by atoms with E-state index in [1.807, 2.05) is 0 Å². The minimum absolute atomic E-state index is 0.0509. The summed E-state index contributed by atoms with van der Waals surface area (Å²) in [4.78, 5) is 29.7. The number of carbonyl (C=O) groups is 2. The van der Waals surface area contributed by atoms with Crippen LogP contribution >= 0.6 is 0 Å². The van der Waals surface area contributed by atoms with Crippen molar-refractivity contribution in [3.05, 3.63) is 0 Å². The third-order valence-corrected chi connectivity index (χ3v) is 2.35. The second-order valence-electron chi connectivity index (χ2n) is 5.50. The molecule has 0 unspecified atom stereocenters. The van der Waals surface area contributed by atoms with Gasteiger partial charge in [-0.1, -0.05) is 0 Å². The van der Waals surface area contributed by atoms with Gasteiger partial charge in [-0.2, -0.15) is 9.98 Å². The van der Waals surface area contributed by atoms with E-state index >= 15 is 0 Å². The topological polar surface area (TPSA) is 258 Å². The molecule has 14 nitrogen and oxygen atoms in total. The van der Waals surface area contributed by atoms with E-state index in [4.69, 9.17) is 44.0 Å². The molecule has 0 bridgehead atoms. The number of nitrogens with zero attached hydrogens (tertiary/aromatic N) is 4. The molecular formula is C14H32N10O4. The zero-order valence-electron chi connectivity index (χ0n) is 16.6. The number of guanidine groups is 4. The van der Waals surface area contributed by atoms with Crippen LogP contribution in [0.5, 0.6) is 0 Å². The Morgan fingerprint density at radius 1 is 0.750 bits per heavy atom. The number of nitrogens with one attached hydrogen (secondary N) is 2. The highest BCUT2D eigenvalue weighted by molar-refractivity contribution is 5.91. The molecule has 0 fully saturated rings. The maximum atomic E-state index is 9.90. The number of carboxylic acid groups (broad SMARTS) is 2. The monoisotopic (exact) mass is 404 g/mol. The van der Waals surface area contributed by atoms with E-state index in [0.29, 0.717) is 12.8 Å². The average molecular weight is 404 g/mol. The Hall–Kier alpha value is -3.58. The molecule has 0 aromatic rings. The van der Waals surface area contributed by atoms with E-state index in [0.717, 1.165) is 0 Å². The fourth-order valence-corrected chi connectivity index (χ4v) is 0.997. The van der Waals surface area contributed by atoms with E-state index in [9.17, 15) is 9.59 Å². The van der Waals surface area contributed by atoms with Crippen molar-refractivity contribution in [2.45, 2.75) is 25.7 Å². The summed E-state index contributed by atoms with van der Waals surface area (Å²) >= 11 is 0. The van der Waals surface area contributed by atoms with E-state index in [1.165, 1.54) is 9.80 Å². The van der Waals surface area contributed by atoms with Gasteiger partial charge in [0, 0.05) is 41.0 Å². The minimum Gasteiger partial charge on any atom is -0.481 e. The molecular weight excluding hydrogens is 372 g/mol. The van der Waals surface area contributed by atoms with Crippen molar-refractivity contribution in [1.82, 2.24) is 9.80 Å². The molecule has 162 valence electrons. The van der Waals surface area contributed by atoms with E-state index in [-0.39, 0.29) is 36.7 Å². The standard InChI is InChI=1S/C6H10O4.2C4H11N5/c7-5(8)3-1-2-4-6(9)10;2*1-9(2)4(7)8-3(5)6/h1-4H2,(H,7,8)(H,9,10);2*1-2H3,(H5,5,6,7,8). The summed E-state index contributed by atoms with van der Waals surface area (Å²) in [5.41, 5.74) is 20.0. The molecule has 0 atom stereocenters. The number of nitrogens with two attached hydrogens (primary N) is 4. The summed E-state index contributed by atoms with van der Waals surface area (Å²) in [6, 6.07) is 0. The van der Waals surface area contributed by atoms with Crippen LogP contribution in [0.1, 0.15) is 25.7 Å². The maximum Gasteiger partial charge on any atom is 0.303 e. The van der Waals surface area contributed by atoms with Crippen LogP contribution in [0.25, 0.3) is 0 Å². The van der Waals surface area contributed by atoms with Crippen LogP contribution in [-0.4, -0.2) is 84.0 Å². The predicted molar refractivity (Wildman–Crippen MR) is 108 cm³/mol. The first-order valence-corrected chi connectivity index (χ1v) is 7.85. The average Bonchev–Trinajstić information content (AvgIpc) is 2.51. The lowest BCUT2D eigenvalue weighted by molar-refractivity contribution is -0.139. The highest BCUT2D eigenvalue weighted by Crippen LogP contribution is 1.98. The summed E-state index contributed by atoms with van der Waals surface area (Å²) < 4.78 is 0. The van der Waals surface area contributed by atoms with Crippen LogP contribution in [0.2, 0.25) is 0 Å². The molecule has 0 aromatic heterocycles. The quantitative estimate of drug-likeness (QED) is 0.145. The Kier molecular flexibility index (Phi) is 17.6. The van der Waals surface area contributed by atoms with Crippen LogP contribution in [0, 0.1) is 10.8 Å². The van der Waals surface area contributed by atoms with Gasteiger partial charge in [-0.3, -0.25) is 20.4 Å². The van der Waals surface area contributed by atoms with E-state index < -0.39 is 11.9 Å². The van der Waals surface area contributed by atoms with Gasteiger partial charge in [0.15, 0.2) is 11.9 Å². The van der Waals surface area contributed by atoms with Crippen molar-refractivity contribution in [1.29, 1.82) is 10.8 Å². The molecule has 0 aliphatic heterocycles. The van der Waals surface area contributed by atoms with Crippen molar-refractivity contribution in [2.24, 2.45) is 32.9 Å². The Morgan fingerprint density at radius 2 is 1.00 bits per heavy atom. The van der Waals surface area contributed by atoms with E-state index in [1.54, 1.807) is 28.2 Å². The summed E-state index contributed by atoms with van der Waals surface area (Å²) in [5.74, 6) is -1.82. The van der Waals surface area contributed by atoms with Gasteiger partial charge in [-0.25, -0.2) is 0 Å². The lowest BCUT2D eigenvalue weighted by atomic mass is 10.2. The van der Waals surface area contributed by atoms with Crippen LogP contribution in [-0.2, 0) is 9.59 Å². The maximum absolute atomic E-state index is 9.90. The molecule has 0 rings (SSSR count). The summed E-state index contributed by atoms with van der Waals surface area (Å²) in [5, 5.41) is 30.4. The normalized spacial score (nSPS) is 8.57. The molecule has 0 saturated heterocycles. The molecule has 12 N–H and O–H groups in total. The fourth-order valence-electron chi connectivity index (χ4n) is 0.997. The summed E-state index contributed by atoms with van der Waals surface area (Å²) in [7, 11) is 6.76. The molecule has 0 spiro atoms. The first-order chi connectivity index (χ1) is 12.7. The van der Waals surface area contributed by atoms with Crippen molar-refractivity contribution >= 4 is 35.8 Å². The molecule has 0 heterocycles. The van der Waals surface area contributed by atoms with Gasteiger partial charge >= 0.3 is 11.9 Å². The largest absolute Gasteiger partial charge is 0.481 e. The molecule has 0 radical (unpaired) electrons. The van der Waals surface area contributed by atoms with Crippen LogP contribution < -0.4 is 22.9 Å². The predicted octanol–water partition coefficient (Wildman–Crippen LogP) is -1.77. The van der Waals surface area contributed by atoms with Gasteiger partial charge in [0.2, 0.25) is 11.9 Å². The summed E-state index contributed by atoms with van der Waals surface area (Å²) in [6.07, 6.45) is 1.02. The molecule has 0 aliphatic carbocycles.